The number of anilines is 2. The Morgan fingerprint density at radius 2 is 2.04 bits per heavy atom. The number of nitrogens with one attached hydrogen (secondary N) is 1. The molecule has 1 heterocycles. The summed E-state index contributed by atoms with van der Waals surface area (Å²) in [6.45, 7) is 0. The molecule has 0 aliphatic heterocycles. The molecule has 1 aromatic heterocycles. The van der Waals surface area contributed by atoms with Gasteiger partial charge >= 0.3 is 0 Å². The number of hydrogen-bond donors (Lipinski definition) is 3. The van der Waals surface area contributed by atoms with Crippen LogP contribution in [0.4, 0.5) is 11.5 Å². The average molecular weight is 374 g/mol. The molecule has 1 aromatic carbocycles. The van der Waals surface area contributed by atoms with Crippen molar-refractivity contribution in [3.05, 3.63) is 36.0 Å². The third-order valence-corrected chi connectivity index (χ3v) is 5.18. The number of rotatable bonds is 7. The van der Waals surface area contributed by atoms with Crippen LogP contribution in [0.5, 0.6) is 0 Å². The molecule has 1 fully saturated rings. The van der Waals surface area contributed by atoms with Crippen LogP contribution in [-0.2, 0) is 10.0 Å². The number of sulfonamides is 1. The summed E-state index contributed by atoms with van der Waals surface area (Å²) in [6.07, 6.45) is 3.89. The summed E-state index contributed by atoms with van der Waals surface area (Å²) in [6, 6.07) is 7.77. The van der Waals surface area contributed by atoms with Gasteiger partial charge in [0.05, 0.1) is 23.4 Å². The minimum absolute atomic E-state index is 0.0217. The van der Waals surface area contributed by atoms with E-state index in [4.69, 9.17) is 16.1 Å². The van der Waals surface area contributed by atoms with Crippen LogP contribution in [0.15, 0.2) is 35.4 Å². The minimum atomic E-state index is -3.78. The van der Waals surface area contributed by atoms with Gasteiger partial charge in [-0.3, -0.25) is 9.48 Å². The van der Waals surface area contributed by atoms with Crippen LogP contribution in [-0.4, -0.2) is 24.1 Å². The predicted molar refractivity (Wildman–Crippen MR) is 93.8 cm³/mol. The number of benzene rings is 1. The van der Waals surface area contributed by atoms with Crippen molar-refractivity contribution in [1.82, 2.24) is 9.78 Å². The molecule has 1 aliphatic rings. The summed E-state index contributed by atoms with van der Waals surface area (Å²) in [5, 5.41) is 21.4. The van der Waals surface area contributed by atoms with Crippen molar-refractivity contribution in [2.75, 3.05) is 5.32 Å². The fourth-order valence-corrected chi connectivity index (χ4v) is 3.26. The Kier molecular flexibility index (Phi) is 4.67. The summed E-state index contributed by atoms with van der Waals surface area (Å²) in [5.41, 5.74) is 6.16. The summed E-state index contributed by atoms with van der Waals surface area (Å²) >= 11 is 0. The molecule has 9 nitrogen and oxygen atoms in total. The first-order chi connectivity index (χ1) is 12.3. The highest BCUT2D eigenvalue weighted by Crippen LogP contribution is 2.41. The van der Waals surface area contributed by atoms with Gasteiger partial charge in [-0.05, 0) is 43.0 Å². The number of primary amides is 1. The normalized spacial score (nSPS) is 15.2. The Morgan fingerprint density at radius 1 is 1.38 bits per heavy atom. The predicted octanol–water partition coefficient (Wildman–Crippen LogP) is 1.24. The number of hydrogen-bond acceptors (Lipinski definition) is 6. The van der Waals surface area contributed by atoms with Gasteiger partial charge in [-0.1, -0.05) is 0 Å². The van der Waals surface area contributed by atoms with Gasteiger partial charge < -0.3 is 11.1 Å². The quantitative estimate of drug-likeness (QED) is 0.661. The zero-order valence-electron chi connectivity index (χ0n) is 13.8. The summed E-state index contributed by atoms with van der Waals surface area (Å²) < 4.78 is 24.2. The SMILES string of the molecule is N#CCC(C1CC1)n1cc(C(N)=O)c(Nc2ccc(S(N)(=O)=O)cc2)n1. The molecule has 0 radical (unpaired) electrons. The van der Waals surface area contributed by atoms with Crippen LogP contribution in [0.25, 0.3) is 0 Å². The van der Waals surface area contributed by atoms with Crippen molar-refractivity contribution in [3.63, 3.8) is 0 Å². The summed E-state index contributed by atoms with van der Waals surface area (Å²) in [7, 11) is -3.78. The lowest BCUT2D eigenvalue weighted by Crippen LogP contribution is -2.13. The van der Waals surface area contributed by atoms with E-state index in [0.717, 1.165) is 12.8 Å². The summed E-state index contributed by atoms with van der Waals surface area (Å²) in [4.78, 5) is 11.7. The van der Waals surface area contributed by atoms with E-state index in [0.29, 0.717) is 18.0 Å². The number of nitriles is 1. The first-order valence-electron chi connectivity index (χ1n) is 7.95. The third-order valence-electron chi connectivity index (χ3n) is 4.25. The number of carbonyl (C=O) groups is 1. The molecule has 136 valence electrons. The van der Waals surface area contributed by atoms with Crippen LogP contribution in [0.1, 0.15) is 35.7 Å². The van der Waals surface area contributed by atoms with Gasteiger partial charge in [0.1, 0.15) is 5.56 Å². The molecule has 5 N–H and O–H groups in total. The zero-order valence-corrected chi connectivity index (χ0v) is 14.6. The lowest BCUT2D eigenvalue weighted by atomic mass is 10.1. The Balaban J connectivity index is 1.89. The summed E-state index contributed by atoms with van der Waals surface area (Å²) in [5.74, 6) is -0.0203. The zero-order chi connectivity index (χ0) is 18.9. The highest BCUT2D eigenvalue weighted by Gasteiger charge is 2.33. The van der Waals surface area contributed by atoms with Gasteiger partial charge in [0.2, 0.25) is 10.0 Å². The van der Waals surface area contributed by atoms with E-state index in [1.54, 1.807) is 10.9 Å². The molecule has 10 heteroatoms. The van der Waals surface area contributed by atoms with E-state index in [-0.39, 0.29) is 22.3 Å². The van der Waals surface area contributed by atoms with Crippen LogP contribution >= 0.6 is 0 Å². The molecule has 3 rings (SSSR count). The molecule has 1 atom stereocenters. The second-order valence-corrected chi connectivity index (χ2v) is 7.76. The van der Waals surface area contributed by atoms with E-state index < -0.39 is 15.9 Å². The fourth-order valence-electron chi connectivity index (χ4n) is 2.75. The van der Waals surface area contributed by atoms with Gasteiger partial charge in [-0.2, -0.15) is 10.4 Å². The van der Waals surface area contributed by atoms with E-state index >= 15 is 0 Å². The first-order valence-corrected chi connectivity index (χ1v) is 9.50. The lowest BCUT2D eigenvalue weighted by molar-refractivity contribution is 0.100. The van der Waals surface area contributed by atoms with E-state index in [1.165, 1.54) is 24.3 Å². The molecule has 2 aromatic rings. The molecule has 0 spiro atoms. The molecule has 0 bridgehead atoms. The van der Waals surface area contributed by atoms with Crippen LogP contribution in [0, 0.1) is 17.2 Å². The average Bonchev–Trinajstić information content (AvgIpc) is 3.32. The maximum Gasteiger partial charge on any atom is 0.254 e. The first kappa shape index (κ1) is 17.9. The Bertz CT molecular complexity index is 970. The molecular weight excluding hydrogens is 356 g/mol. The maximum atomic E-state index is 11.7. The highest BCUT2D eigenvalue weighted by molar-refractivity contribution is 7.89. The van der Waals surface area contributed by atoms with Gasteiger partial charge in [-0.25, -0.2) is 13.6 Å². The van der Waals surface area contributed by atoms with Crippen molar-refractivity contribution in [3.8, 4) is 6.07 Å². The molecule has 1 aliphatic carbocycles. The molecule has 26 heavy (non-hydrogen) atoms. The maximum absolute atomic E-state index is 11.7. The lowest BCUT2D eigenvalue weighted by Gasteiger charge is -2.12. The van der Waals surface area contributed by atoms with Gasteiger partial charge in [0, 0.05) is 11.9 Å². The largest absolute Gasteiger partial charge is 0.365 e. The van der Waals surface area contributed by atoms with Crippen LogP contribution in [0.3, 0.4) is 0 Å². The van der Waals surface area contributed by atoms with Crippen molar-refractivity contribution < 1.29 is 13.2 Å². The Morgan fingerprint density at radius 3 is 2.54 bits per heavy atom. The monoisotopic (exact) mass is 374 g/mol. The number of aromatic nitrogens is 2. The number of amides is 1. The minimum Gasteiger partial charge on any atom is -0.365 e. The smallest absolute Gasteiger partial charge is 0.254 e. The number of nitrogens with zero attached hydrogens (tertiary/aromatic N) is 3. The fraction of sp³-hybridized carbons (Fsp3) is 0.312. The van der Waals surface area contributed by atoms with Gasteiger partial charge in [0.25, 0.3) is 5.91 Å². The van der Waals surface area contributed by atoms with Crippen molar-refractivity contribution in [1.29, 1.82) is 5.26 Å². The molecular formula is C16H18N6O3S. The molecule has 1 amide bonds. The van der Waals surface area contributed by atoms with Gasteiger partial charge in [-0.15, -0.1) is 0 Å². The molecule has 1 unspecified atom stereocenters. The third kappa shape index (κ3) is 3.84. The second-order valence-electron chi connectivity index (χ2n) is 6.20. The van der Waals surface area contributed by atoms with E-state index in [2.05, 4.69) is 16.5 Å². The van der Waals surface area contributed by atoms with Crippen molar-refractivity contribution in [2.45, 2.75) is 30.2 Å². The van der Waals surface area contributed by atoms with Crippen molar-refractivity contribution in [2.24, 2.45) is 16.8 Å². The topological polar surface area (TPSA) is 157 Å². The number of carbonyl (C=O) groups excluding carboxylic acids is 1. The highest BCUT2D eigenvalue weighted by atomic mass is 32.2. The van der Waals surface area contributed by atoms with Gasteiger partial charge in [0.15, 0.2) is 5.82 Å². The van der Waals surface area contributed by atoms with Crippen LogP contribution in [0.2, 0.25) is 0 Å². The van der Waals surface area contributed by atoms with Crippen LogP contribution < -0.4 is 16.2 Å². The Labute approximate surface area is 150 Å². The molecule has 0 saturated heterocycles. The number of primary sulfonamides is 1. The standard InChI is InChI=1S/C16H18N6O3S/c17-8-7-14(10-1-2-10)22-9-13(15(18)23)16(21-22)20-11-3-5-12(6-4-11)26(19,24)25/h3-6,9-10,14H,1-2,7H2,(H2,18,23)(H,20,21)(H2,19,24,25). The molecule has 1 saturated carbocycles. The van der Waals surface area contributed by atoms with E-state index in [1.807, 2.05) is 0 Å². The number of nitrogens with two attached hydrogens (primary N) is 2. The van der Waals surface area contributed by atoms with Crippen molar-refractivity contribution >= 4 is 27.4 Å². The second kappa shape index (κ2) is 6.78. The Hall–Kier alpha value is -2.90. The van der Waals surface area contributed by atoms with E-state index in [9.17, 15) is 13.2 Å².